The van der Waals surface area contributed by atoms with E-state index >= 15 is 0 Å². The minimum Gasteiger partial charge on any atom is -0.507 e. The van der Waals surface area contributed by atoms with Crippen LogP contribution >= 0.6 is 0 Å². The van der Waals surface area contributed by atoms with Crippen molar-refractivity contribution in [2.24, 2.45) is 47.3 Å². The maximum atomic E-state index is 12.8. The molecule has 0 unspecified atom stereocenters. The van der Waals surface area contributed by atoms with E-state index in [9.17, 15) is 20.4 Å². The Morgan fingerprint density at radius 3 is 0.543 bits per heavy atom. The molecule has 18 heteroatoms. The number of aromatic hydroxyl groups is 2. The molecule has 1 aliphatic carbocycles. The summed E-state index contributed by atoms with van der Waals surface area (Å²) >= 11 is 0. The number of phenolic OH excluding ortho intramolecular Hbond substituents is 2. The number of aliphatic hydroxyl groups is 2. The largest absolute Gasteiger partial charge is 0.507 e. The van der Waals surface area contributed by atoms with Crippen molar-refractivity contribution in [2.75, 3.05) is 91.1 Å². The summed E-state index contributed by atoms with van der Waals surface area (Å²) in [4.78, 5) is 4.26. The molecule has 0 aliphatic heterocycles. The highest BCUT2D eigenvalue weighted by Gasteiger charge is 2.37. The van der Waals surface area contributed by atoms with Crippen LogP contribution in [0.15, 0.2) is 169 Å². The fraction of sp³-hybridized carbons (Fsp3) is 0.467. The van der Waals surface area contributed by atoms with E-state index in [1.54, 1.807) is 52.7 Å². The van der Waals surface area contributed by atoms with Crippen LogP contribution in [0.2, 0.25) is 0 Å². The van der Waals surface area contributed by atoms with Gasteiger partial charge in [0.1, 0.15) is 92.0 Å². The van der Waals surface area contributed by atoms with Crippen LogP contribution in [0.25, 0.3) is 55.7 Å². The molecule has 18 nitrogen and oxygen atoms in total. The van der Waals surface area contributed by atoms with Gasteiger partial charge in [0.2, 0.25) is 0 Å². The number of aliphatic hydroxyl groups excluding tert-OH is 2. The first-order valence-corrected chi connectivity index (χ1v) is 51.3. The summed E-state index contributed by atoms with van der Waals surface area (Å²) in [6.07, 6.45) is 15.4. The first kappa shape index (κ1) is 107. The van der Waals surface area contributed by atoms with Crippen molar-refractivity contribution in [1.82, 2.24) is 0 Å². The lowest BCUT2D eigenvalue weighted by molar-refractivity contribution is 0.229. The van der Waals surface area contributed by atoms with Gasteiger partial charge in [-0.15, -0.1) is 0 Å². The van der Waals surface area contributed by atoms with Crippen molar-refractivity contribution in [3.05, 3.63) is 203 Å². The van der Waals surface area contributed by atoms with Gasteiger partial charge in [-0.05, 0) is 192 Å². The van der Waals surface area contributed by atoms with Crippen LogP contribution in [-0.2, 0) is 0 Å². The number of anilines is 6. The molecular weight excluding hydrogens is 1730 g/mol. The Morgan fingerprint density at radius 2 is 0.399 bits per heavy atom. The Labute approximate surface area is 825 Å². The average Bonchev–Trinajstić information content (AvgIpc) is 0.729. The van der Waals surface area contributed by atoms with E-state index in [4.69, 9.17) is 56.8 Å². The van der Waals surface area contributed by atoms with Crippen LogP contribution < -0.4 is 66.6 Å². The van der Waals surface area contributed by atoms with Crippen LogP contribution in [0.1, 0.15) is 247 Å². The highest BCUT2D eigenvalue weighted by molar-refractivity contribution is 6.08. The lowest BCUT2D eigenvalue weighted by Crippen LogP contribution is -2.15. The van der Waals surface area contributed by atoms with Crippen LogP contribution in [0.3, 0.4) is 0 Å². The molecule has 10 aromatic rings. The van der Waals surface area contributed by atoms with Gasteiger partial charge < -0.3 is 87.1 Å². The maximum absolute atomic E-state index is 12.8. The van der Waals surface area contributed by atoms with Gasteiger partial charge in [0.15, 0.2) is 0 Å². The molecule has 11 rings (SSSR count). The number of ether oxygens (including phenoxy) is 12. The molecule has 0 saturated carbocycles. The molecule has 138 heavy (non-hydrogen) atoms. The normalized spacial score (nSPS) is 12.2. The molecule has 0 aromatic heterocycles. The molecule has 0 saturated heterocycles. The second kappa shape index (κ2) is 51.1. The maximum Gasteiger partial charge on any atom is 0.139 e. The topological polar surface area (TPSA) is 198 Å². The van der Waals surface area contributed by atoms with Gasteiger partial charge in [0.05, 0.1) is 115 Å². The second-order valence-electron chi connectivity index (χ2n) is 37.5. The Bertz CT molecular complexity index is 4940. The van der Waals surface area contributed by atoms with E-state index in [1.165, 1.54) is 0 Å². The third kappa shape index (κ3) is 25.0. The van der Waals surface area contributed by atoms with E-state index in [0.717, 1.165) is 192 Å². The van der Waals surface area contributed by atoms with E-state index in [0.29, 0.717) is 181 Å². The number of nitrogens with zero attached hydrogens (tertiary/aromatic N) is 2. The highest BCUT2D eigenvalue weighted by atomic mass is 16.5. The van der Waals surface area contributed by atoms with Crippen molar-refractivity contribution >= 4 is 45.3 Å². The summed E-state index contributed by atoms with van der Waals surface area (Å²) in [7, 11) is 6.68. The van der Waals surface area contributed by atoms with Crippen molar-refractivity contribution in [1.29, 1.82) is 0 Å². The minimum absolute atomic E-state index is 0.0150. The van der Waals surface area contributed by atoms with Crippen molar-refractivity contribution in [2.45, 2.75) is 241 Å². The van der Waals surface area contributed by atoms with Crippen molar-refractivity contribution in [3.63, 3.8) is 0 Å². The zero-order valence-electron chi connectivity index (χ0n) is 87.2. The van der Waals surface area contributed by atoms with E-state index in [1.807, 2.05) is 60.7 Å². The molecule has 10 aromatic carbocycles. The first-order valence-electron chi connectivity index (χ1n) is 51.3. The predicted octanol–water partition coefficient (Wildman–Crippen LogP) is 32.7. The molecule has 4 N–H and O–H groups in total. The lowest BCUT2D eigenvalue weighted by Gasteiger charge is -2.31. The van der Waals surface area contributed by atoms with Gasteiger partial charge in [0, 0.05) is 106 Å². The second-order valence-corrected chi connectivity index (χ2v) is 37.5. The van der Waals surface area contributed by atoms with Gasteiger partial charge in [-0.25, -0.2) is 0 Å². The molecule has 1 aliphatic rings. The summed E-state index contributed by atoms with van der Waals surface area (Å²) in [5, 5.41) is 51.0. The Morgan fingerprint density at radius 1 is 0.225 bits per heavy atom. The lowest BCUT2D eigenvalue weighted by atomic mass is 9.83. The number of rotatable bonds is 56. The average molecular weight is 1880 g/mol. The van der Waals surface area contributed by atoms with E-state index in [2.05, 4.69) is 221 Å². The first-order chi connectivity index (χ1) is 66.8. The molecule has 0 radical (unpaired) electrons. The zero-order valence-corrected chi connectivity index (χ0v) is 87.2. The monoisotopic (exact) mass is 1880 g/mol. The third-order valence-corrected chi connectivity index (χ3v) is 29.0. The molecule has 0 spiro atoms. The summed E-state index contributed by atoms with van der Waals surface area (Å²) in [6, 6.07) is 51.7. The molecular formula is C120H158N2O16. The number of phenols is 2. The molecule has 0 amide bonds. The quantitative estimate of drug-likeness (QED) is 0.0280. The summed E-state index contributed by atoms with van der Waals surface area (Å²) in [6.45, 7) is 47.6. The number of hydrogen-bond acceptors (Lipinski definition) is 18. The number of benzene rings is 10. The Balaban J connectivity index is 1.05. The smallest absolute Gasteiger partial charge is 0.139 e. The number of hydrogen-bond donors (Lipinski definition) is 4. The molecule has 0 fully saturated rings. The fourth-order valence-electron chi connectivity index (χ4n) is 18.4. The fourth-order valence-corrected chi connectivity index (χ4v) is 18.4. The SMILES string of the molecule is CCC(CC)COc1cc(OC)cc(OCC(CC)CC)c1-c1ccc(N(c2ccc(C3=C(O)C(c4ccc(N(c5ccc(-c6c(OCC(CC)CC)cc(OC)cc6OCC(CC)CC)cc5C)c5ccc(-c6c(OCC(CC)CC)cc(OC)cc6OCC(CC)CC)cc5C)cc4O)=C3O)c(O)c2)c2ccc(-c3c(OCC(CC)CC)cc(OC)cc3OCC(CC)CC)cc2C)c(C)c1. The van der Waals surface area contributed by atoms with Gasteiger partial charge in [-0.1, -0.05) is 238 Å². The van der Waals surface area contributed by atoms with Gasteiger partial charge in [-0.2, -0.15) is 0 Å². The molecule has 744 valence electrons. The number of methoxy groups -OCH3 is 4. The Hall–Kier alpha value is -11.9. The van der Waals surface area contributed by atoms with E-state index in [-0.39, 0.29) is 45.3 Å². The standard InChI is InChI=1S/C120H158N2O16/c1-25-79(26-2)67-131-105-59-93(127-21)60-106(132-68-80(27-3)28-4)113(105)87-41-49-99(75(17)53-87)121(100-50-42-88(54-76(100)18)114-107(133-69-81(29-5)30-6)61-94(128-22)62-108(114)134-70-82(31-7)32-8)91-45-47-97(103(123)57-91)117-119(125)118(120(117)126)98-48-46-92(58-104(98)124)122(101-51-43-89(55-77(101)19)115-109(135-71-83(33-9)34-10)63-95(129-23)64-110(115)136-72-84(35-11)36-12)102-52-44-90(56-78(102)20)116-111(137-73-85(37-13)38-14)65-96(130-24)66-112(116)138-74-86(39-15)40-16/h41-66,79-86,123-126H,25-40,67-74H2,1-24H3. The summed E-state index contributed by atoms with van der Waals surface area (Å²) < 4.78 is 78.8. The molecule has 0 bridgehead atoms. The third-order valence-electron chi connectivity index (χ3n) is 29.0. The summed E-state index contributed by atoms with van der Waals surface area (Å²) in [5.41, 5.74) is 15.1. The van der Waals surface area contributed by atoms with Crippen LogP contribution in [0.5, 0.6) is 80.5 Å². The van der Waals surface area contributed by atoms with E-state index < -0.39 is 0 Å². The molecule has 0 heterocycles. The Kier molecular flexibility index (Phi) is 39.5. The van der Waals surface area contributed by atoms with Gasteiger partial charge in [-0.3, -0.25) is 0 Å². The van der Waals surface area contributed by atoms with Crippen molar-refractivity contribution in [3.8, 4) is 125 Å². The summed E-state index contributed by atoms with van der Waals surface area (Å²) in [5.74, 6) is 9.41. The zero-order chi connectivity index (χ0) is 99.6. The molecule has 0 atom stereocenters. The minimum atomic E-state index is -0.312. The number of aryl methyl sites for hydroxylation is 4. The van der Waals surface area contributed by atoms with Crippen LogP contribution in [-0.4, -0.2) is 102 Å². The van der Waals surface area contributed by atoms with Gasteiger partial charge >= 0.3 is 0 Å². The van der Waals surface area contributed by atoms with Crippen LogP contribution in [0, 0.1) is 75.0 Å². The highest BCUT2D eigenvalue weighted by Crippen LogP contribution is 2.56. The van der Waals surface area contributed by atoms with Crippen LogP contribution in [0.4, 0.5) is 34.1 Å². The number of allylic oxidation sites excluding steroid dienone is 2. The van der Waals surface area contributed by atoms with Gasteiger partial charge in [0.25, 0.3) is 0 Å². The predicted molar refractivity (Wildman–Crippen MR) is 568 cm³/mol. The van der Waals surface area contributed by atoms with Crippen molar-refractivity contribution < 1.29 is 77.3 Å².